The first-order valence-electron chi connectivity index (χ1n) is 5.12. The minimum atomic E-state index is -0.348. The van der Waals surface area contributed by atoms with Crippen LogP contribution in [0.25, 0.3) is 11.1 Å². The third-order valence-corrected chi connectivity index (χ3v) is 3.32. The molecule has 0 saturated heterocycles. The van der Waals surface area contributed by atoms with Gasteiger partial charge >= 0.3 is 0 Å². The summed E-state index contributed by atoms with van der Waals surface area (Å²) in [7, 11) is 0. The molecule has 1 aromatic heterocycles. The molecule has 1 heterocycles. The second-order valence-corrected chi connectivity index (χ2v) is 5.47. The van der Waals surface area contributed by atoms with E-state index in [1.165, 1.54) is 0 Å². The molecule has 94 valence electrons. The Morgan fingerprint density at radius 2 is 1.44 bits per heavy atom. The Morgan fingerprint density at radius 1 is 0.944 bits per heavy atom. The maximum atomic E-state index is 6.13. The Bertz CT molecular complexity index is 544. The molecule has 2 nitrogen and oxygen atoms in total. The average molecular weight is 322 g/mol. The molecule has 0 amide bonds. The van der Waals surface area contributed by atoms with E-state index < -0.39 is 0 Å². The average Bonchev–Trinajstić information content (AvgIpc) is 2.30. The van der Waals surface area contributed by atoms with Gasteiger partial charge in [-0.2, -0.15) is 0 Å². The van der Waals surface area contributed by atoms with Crippen molar-refractivity contribution in [2.75, 3.05) is 0 Å². The molecule has 0 fully saturated rings. The van der Waals surface area contributed by atoms with Crippen LogP contribution in [0.15, 0.2) is 24.3 Å². The summed E-state index contributed by atoms with van der Waals surface area (Å²) in [6.07, 6.45) is 0. The van der Waals surface area contributed by atoms with Crippen LogP contribution in [0.3, 0.4) is 0 Å². The summed E-state index contributed by atoms with van der Waals surface area (Å²) in [4.78, 5) is 8.27. The van der Waals surface area contributed by atoms with Gasteiger partial charge in [0.05, 0.1) is 10.9 Å². The van der Waals surface area contributed by atoms with Crippen molar-refractivity contribution >= 4 is 46.4 Å². The number of hydrogen-bond acceptors (Lipinski definition) is 2. The molecule has 2 rings (SSSR count). The quantitative estimate of drug-likeness (QED) is 0.546. The lowest BCUT2D eigenvalue weighted by Crippen LogP contribution is -1.98. The Labute approximate surface area is 125 Å². The van der Waals surface area contributed by atoms with Gasteiger partial charge in [-0.25, -0.2) is 9.97 Å². The van der Waals surface area contributed by atoms with Crippen LogP contribution in [0.2, 0.25) is 15.3 Å². The van der Waals surface area contributed by atoms with E-state index >= 15 is 0 Å². The van der Waals surface area contributed by atoms with Crippen LogP contribution in [-0.2, 0) is 0 Å². The monoisotopic (exact) mass is 320 g/mol. The zero-order valence-electron chi connectivity index (χ0n) is 9.29. The van der Waals surface area contributed by atoms with Gasteiger partial charge < -0.3 is 0 Å². The lowest BCUT2D eigenvalue weighted by atomic mass is 10.1. The standard InChI is InChI=1S/C12H8Cl4N2/c1-6(13)12-17-10(15)9(11(16)18-12)7-2-4-8(14)5-3-7/h2-6H,1H3. The Balaban J connectivity index is 2.55. The molecule has 0 radical (unpaired) electrons. The fraction of sp³-hybridized carbons (Fsp3) is 0.167. The van der Waals surface area contributed by atoms with Gasteiger partial charge in [0.15, 0.2) is 0 Å². The van der Waals surface area contributed by atoms with Crippen molar-refractivity contribution in [2.24, 2.45) is 0 Å². The van der Waals surface area contributed by atoms with Crippen molar-refractivity contribution in [3.8, 4) is 11.1 Å². The molecule has 0 saturated carbocycles. The fourth-order valence-electron chi connectivity index (χ4n) is 1.46. The van der Waals surface area contributed by atoms with Crippen LogP contribution >= 0.6 is 46.4 Å². The molecule has 1 atom stereocenters. The van der Waals surface area contributed by atoms with Gasteiger partial charge in [0, 0.05) is 5.02 Å². The van der Waals surface area contributed by atoms with Gasteiger partial charge in [-0.1, -0.05) is 46.9 Å². The van der Waals surface area contributed by atoms with E-state index in [1.807, 2.05) is 12.1 Å². The molecule has 18 heavy (non-hydrogen) atoms. The van der Waals surface area contributed by atoms with Crippen molar-refractivity contribution in [3.05, 3.63) is 45.4 Å². The first-order valence-corrected chi connectivity index (χ1v) is 6.69. The SMILES string of the molecule is CC(Cl)c1nc(Cl)c(-c2ccc(Cl)cc2)c(Cl)n1. The predicted octanol–water partition coefficient (Wildman–Crippen LogP) is 5.40. The third-order valence-electron chi connectivity index (χ3n) is 2.33. The van der Waals surface area contributed by atoms with Crippen molar-refractivity contribution in [1.82, 2.24) is 9.97 Å². The number of halogens is 4. The van der Waals surface area contributed by atoms with E-state index in [2.05, 4.69) is 9.97 Å². The molecule has 6 heteroatoms. The summed E-state index contributed by atoms with van der Waals surface area (Å²) in [5.74, 6) is 0.407. The zero-order chi connectivity index (χ0) is 13.3. The molecular formula is C12H8Cl4N2. The Kier molecular flexibility index (Phi) is 4.33. The molecule has 0 bridgehead atoms. The number of benzene rings is 1. The summed E-state index contributed by atoms with van der Waals surface area (Å²) >= 11 is 24.0. The van der Waals surface area contributed by atoms with E-state index in [0.717, 1.165) is 5.56 Å². The normalized spacial score (nSPS) is 12.5. The van der Waals surface area contributed by atoms with E-state index in [1.54, 1.807) is 19.1 Å². The smallest absolute Gasteiger partial charge is 0.149 e. The fourth-order valence-corrected chi connectivity index (χ4v) is 2.30. The van der Waals surface area contributed by atoms with Crippen molar-refractivity contribution in [2.45, 2.75) is 12.3 Å². The topological polar surface area (TPSA) is 25.8 Å². The molecule has 0 aliphatic carbocycles. The number of hydrogen-bond donors (Lipinski definition) is 0. The summed E-state index contributed by atoms with van der Waals surface area (Å²) in [5, 5.41) is 0.844. The van der Waals surface area contributed by atoms with Crippen LogP contribution in [0, 0.1) is 0 Å². The molecule has 0 aliphatic heterocycles. The summed E-state index contributed by atoms with van der Waals surface area (Å²) < 4.78 is 0. The molecule has 2 aromatic rings. The minimum Gasteiger partial charge on any atom is -0.219 e. The number of nitrogens with zero attached hydrogens (tertiary/aromatic N) is 2. The van der Waals surface area contributed by atoms with E-state index in [0.29, 0.717) is 16.4 Å². The van der Waals surface area contributed by atoms with Crippen LogP contribution in [0.4, 0.5) is 0 Å². The second kappa shape index (κ2) is 5.62. The molecule has 0 spiro atoms. The minimum absolute atomic E-state index is 0.278. The van der Waals surface area contributed by atoms with Gasteiger partial charge in [-0.3, -0.25) is 0 Å². The summed E-state index contributed by atoms with van der Waals surface area (Å²) in [6.45, 7) is 1.76. The van der Waals surface area contributed by atoms with Crippen molar-refractivity contribution < 1.29 is 0 Å². The van der Waals surface area contributed by atoms with Crippen molar-refractivity contribution in [3.63, 3.8) is 0 Å². The molecule has 1 aromatic carbocycles. The summed E-state index contributed by atoms with van der Waals surface area (Å²) in [5.41, 5.74) is 1.39. The lowest BCUT2D eigenvalue weighted by molar-refractivity contribution is 0.912. The van der Waals surface area contributed by atoms with Crippen LogP contribution in [0.5, 0.6) is 0 Å². The first kappa shape index (κ1) is 13.9. The highest BCUT2D eigenvalue weighted by Crippen LogP contribution is 2.34. The van der Waals surface area contributed by atoms with Gasteiger partial charge in [0.1, 0.15) is 16.1 Å². The highest BCUT2D eigenvalue weighted by molar-refractivity contribution is 6.38. The van der Waals surface area contributed by atoms with Gasteiger partial charge in [0.25, 0.3) is 0 Å². The summed E-state index contributed by atoms with van der Waals surface area (Å²) in [6, 6.07) is 7.12. The van der Waals surface area contributed by atoms with E-state index in [4.69, 9.17) is 46.4 Å². The second-order valence-electron chi connectivity index (χ2n) is 3.66. The Morgan fingerprint density at radius 3 is 1.89 bits per heavy atom. The molecular weight excluding hydrogens is 314 g/mol. The molecule has 0 aliphatic rings. The Hall–Kier alpha value is -0.540. The first-order chi connectivity index (χ1) is 8.49. The van der Waals surface area contributed by atoms with Gasteiger partial charge in [0.2, 0.25) is 0 Å². The largest absolute Gasteiger partial charge is 0.219 e. The van der Waals surface area contributed by atoms with Gasteiger partial charge in [-0.15, -0.1) is 11.6 Å². The van der Waals surface area contributed by atoms with Crippen LogP contribution in [0.1, 0.15) is 18.1 Å². The molecule has 1 unspecified atom stereocenters. The number of alkyl halides is 1. The van der Waals surface area contributed by atoms with Crippen LogP contribution < -0.4 is 0 Å². The van der Waals surface area contributed by atoms with E-state index in [-0.39, 0.29) is 15.7 Å². The maximum absolute atomic E-state index is 6.13. The lowest BCUT2D eigenvalue weighted by Gasteiger charge is -2.09. The van der Waals surface area contributed by atoms with Crippen LogP contribution in [-0.4, -0.2) is 9.97 Å². The number of rotatable bonds is 2. The number of aromatic nitrogens is 2. The highest BCUT2D eigenvalue weighted by Gasteiger charge is 2.15. The zero-order valence-corrected chi connectivity index (χ0v) is 12.3. The highest BCUT2D eigenvalue weighted by atomic mass is 35.5. The van der Waals surface area contributed by atoms with Gasteiger partial charge in [-0.05, 0) is 24.6 Å². The predicted molar refractivity (Wildman–Crippen MR) is 76.8 cm³/mol. The third kappa shape index (κ3) is 2.89. The molecule has 0 N–H and O–H groups in total. The van der Waals surface area contributed by atoms with Crippen molar-refractivity contribution in [1.29, 1.82) is 0 Å². The van der Waals surface area contributed by atoms with E-state index in [9.17, 15) is 0 Å². The maximum Gasteiger partial charge on any atom is 0.149 e.